The maximum absolute atomic E-state index is 13.3. The molecule has 3 nitrogen and oxygen atoms in total. The number of aromatic nitrogens is 2. The third-order valence-corrected chi connectivity index (χ3v) is 5.99. The topological polar surface area (TPSA) is 37.8 Å². The molecule has 2 heterocycles. The Labute approximate surface area is 173 Å². The predicted octanol–water partition coefficient (Wildman–Crippen LogP) is 6.29. The second-order valence-electron chi connectivity index (χ2n) is 7.24. The van der Waals surface area contributed by atoms with Crippen molar-refractivity contribution in [3.63, 3.8) is 0 Å². The number of rotatable bonds is 5. The number of hydrogen-bond donors (Lipinski definition) is 1. The number of nitrogens with zero attached hydrogens (tertiary/aromatic N) is 1. The lowest BCUT2D eigenvalue weighted by atomic mass is 9.97. The van der Waals surface area contributed by atoms with E-state index in [0.717, 1.165) is 57.9 Å². The smallest absolute Gasteiger partial charge is 0.259 e. The van der Waals surface area contributed by atoms with Crippen LogP contribution in [0.4, 0.5) is 0 Å². The van der Waals surface area contributed by atoms with Gasteiger partial charge in [0.1, 0.15) is 0 Å². The van der Waals surface area contributed by atoms with Crippen LogP contribution in [0.5, 0.6) is 0 Å². The summed E-state index contributed by atoms with van der Waals surface area (Å²) in [4.78, 5) is 16.6. The van der Waals surface area contributed by atoms with Gasteiger partial charge in [-0.25, -0.2) is 0 Å². The highest BCUT2D eigenvalue weighted by molar-refractivity contribution is 6.36. The number of H-pyrrole nitrogens is 1. The van der Waals surface area contributed by atoms with Gasteiger partial charge in [-0.1, -0.05) is 62.2 Å². The maximum atomic E-state index is 13.3. The SMILES string of the molecule is C=c1cc2n(C(CC)CCC)c(=O)c3ccc(-c4ccc(Cl)cc4Cl)c([nH]1)c3-2. The maximum Gasteiger partial charge on any atom is 0.259 e. The zero-order chi connectivity index (χ0) is 20.0. The van der Waals surface area contributed by atoms with Crippen molar-refractivity contribution < 1.29 is 0 Å². The fraction of sp³-hybridized carbons (Fsp3) is 0.261. The third-order valence-electron chi connectivity index (χ3n) is 5.45. The molecule has 0 fully saturated rings. The van der Waals surface area contributed by atoms with E-state index in [2.05, 4.69) is 25.4 Å². The van der Waals surface area contributed by atoms with Gasteiger partial charge in [-0.3, -0.25) is 4.79 Å². The minimum Gasteiger partial charge on any atom is -0.355 e. The molecule has 2 aromatic carbocycles. The zero-order valence-electron chi connectivity index (χ0n) is 16.0. The van der Waals surface area contributed by atoms with E-state index in [-0.39, 0.29) is 11.6 Å². The van der Waals surface area contributed by atoms with Crippen LogP contribution in [0.1, 0.15) is 39.2 Å². The molecule has 0 radical (unpaired) electrons. The largest absolute Gasteiger partial charge is 0.355 e. The highest BCUT2D eigenvalue weighted by Crippen LogP contribution is 2.40. The quantitative estimate of drug-likeness (QED) is 0.410. The lowest BCUT2D eigenvalue weighted by Crippen LogP contribution is -2.21. The van der Waals surface area contributed by atoms with E-state index >= 15 is 0 Å². The van der Waals surface area contributed by atoms with Gasteiger partial charge in [0.25, 0.3) is 5.56 Å². The second-order valence-corrected chi connectivity index (χ2v) is 8.08. The molecule has 0 saturated heterocycles. The highest BCUT2D eigenvalue weighted by Gasteiger charge is 2.26. The molecule has 0 aliphatic carbocycles. The Hall–Kier alpha value is -2.23. The number of nitrogens with one attached hydrogen (secondary N) is 1. The Morgan fingerprint density at radius 3 is 2.54 bits per heavy atom. The first kappa shape index (κ1) is 19.1. The van der Waals surface area contributed by atoms with Crippen molar-refractivity contribution in [1.29, 1.82) is 0 Å². The molecule has 0 amide bonds. The van der Waals surface area contributed by atoms with Crippen LogP contribution in [0.3, 0.4) is 0 Å². The van der Waals surface area contributed by atoms with Crippen molar-refractivity contribution >= 4 is 40.7 Å². The molecule has 2 aliphatic rings. The highest BCUT2D eigenvalue weighted by atomic mass is 35.5. The van der Waals surface area contributed by atoms with Crippen LogP contribution >= 0.6 is 23.2 Å². The summed E-state index contributed by atoms with van der Waals surface area (Å²) in [5, 5.41) is 2.65. The van der Waals surface area contributed by atoms with E-state index in [1.54, 1.807) is 6.07 Å². The van der Waals surface area contributed by atoms with Crippen LogP contribution in [-0.2, 0) is 0 Å². The summed E-state index contributed by atoms with van der Waals surface area (Å²) in [5.74, 6) is 0. The molecular weight excluding hydrogens is 391 g/mol. The van der Waals surface area contributed by atoms with Crippen LogP contribution in [0.15, 0.2) is 41.2 Å². The van der Waals surface area contributed by atoms with Crippen LogP contribution in [0.2, 0.25) is 10.0 Å². The Morgan fingerprint density at radius 1 is 1.11 bits per heavy atom. The lowest BCUT2D eigenvalue weighted by Gasteiger charge is -2.19. The van der Waals surface area contributed by atoms with E-state index in [0.29, 0.717) is 10.0 Å². The average Bonchev–Trinajstić information content (AvgIpc) is 2.93. The predicted molar refractivity (Wildman–Crippen MR) is 120 cm³/mol. The summed E-state index contributed by atoms with van der Waals surface area (Å²) >= 11 is 12.6. The number of pyridine rings is 1. The first-order valence-corrected chi connectivity index (χ1v) is 10.4. The molecular formula is C23H22Cl2N2O. The lowest BCUT2D eigenvalue weighted by molar-refractivity contribution is 0.445. The van der Waals surface area contributed by atoms with Gasteiger partial charge in [0, 0.05) is 38.1 Å². The van der Waals surface area contributed by atoms with E-state index < -0.39 is 0 Å². The minimum absolute atomic E-state index is 0.0630. The van der Waals surface area contributed by atoms with Gasteiger partial charge in [-0.2, -0.15) is 0 Å². The normalized spacial score (nSPS) is 12.9. The molecule has 144 valence electrons. The van der Waals surface area contributed by atoms with Gasteiger partial charge < -0.3 is 9.55 Å². The standard InChI is InChI=1S/C23H22Cl2N2O/c1-4-6-15(5-2)27-20-11-13(3)26-22-17(9-10-18(21(20)22)23(27)28)16-8-7-14(24)12-19(16)25/h7-12,15,26H,3-6H2,1-2H3. The molecule has 5 heteroatoms. The van der Waals surface area contributed by atoms with Crippen LogP contribution in [-0.4, -0.2) is 9.55 Å². The zero-order valence-corrected chi connectivity index (χ0v) is 17.5. The van der Waals surface area contributed by atoms with Crippen molar-refractivity contribution in [3.8, 4) is 22.4 Å². The van der Waals surface area contributed by atoms with Crippen LogP contribution < -0.4 is 10.9 Å². The number of hydrogen-bond acceptors (Lipinski definition) is 1. The first-order valence-electron chi connectivity index (χ1n) is 9.60. The third kappa shape index (κ3) is 2.94. The molecule has 0 spiro atoms. The number of benzene rings is 2. The second kappa shape index (κ2) is 7.31. The van der Waals surface area contributed by atoms with Gasteiger partial charge in [0.15, 0.2) is 0 Å². The summed E-state index contributed by atoms with van der Waals surface area (Å²) in [6, 6.07) is 11.5. The van der Waals surface area contributed by atoms with Gasteiger partial charge in [-0.15, -0.1) is 0 Å². The Morgan fingerprint density at radius 2 is 1.86 bits per heavy atom. The fourth-order valence-electron chi connectivity index (χ4n) is 4.18. The molecule has 2 aliphatic heterocycles. The molecule has 0 saturated carbocycles. The first-order chi connectivity index (χ1) is 13.5. The van der Waals surface area contributed by atoms with Gasteiger partial charge >= 0.3 is 0 Å². The van der Waals surface area contributed by atoms with E-state index in [4.69, 9.17) is 23.2 Å². The summed E-state index contributed by atoms with van der Waals surface area (Å²) in [7, 11) is 0. The Kier molecular flexibility index (Phi) is 4.98. The summed E-state index contributed by atoms with van der Waals surface area (Å²) < 4.78 is 1.96. The van der Waals surface area contributed by atoms with Gasteiger partial charge in [0.05, 0.1) is 16.6 Å². The Bertz CT molecular complexity index is 1240. The van der Waals surface area contributed by atoms with Crippen molar-refractivity contribution in [2.75, 3.05) is 0 Å². The molecule has 0 aromatic heterocycles. The Balaban J connectivity index is 2.06. The molecule has 28 heavy (non-hydrogen) atoms. The summed E-state index contributed by atoms with van der Waals surface area (Å²) in [6.45, 7) is 8.40. The van der Waals surface area contributed by atoms with Crippen molar-refractivity contribution in [2.45, 2.75) is 39.2 Å². The molecule has 4 rings (SSSR count). The molecule has 1 N–H and O–H groups in total. The fourth-order valence-corrected chi connectivity index (χ4v) is 4.69. The number of aromatic amines is 1. The molecule has 1 unspecified atom stereocenters. The summed E-state index contributed by atoms with van der Waals surface area (Å²) in [5.41, 5.74) is 4.63. The average molecular weight is 413 g/mol. The molecule has 2 aromatic rings. The van der Waals surface area contributed by atoms with Crippen LogP contribution in [0, 0.1) is 0 Å². The van der Waals surface area contributed by atoms with Crippen LogP contribution in [0.25, 0.3) is 39.9 Å². The van der Waals surface area contributed by atoms with Gasteiger partial charge in [-0.05, 0) is 37.1 Å². The minimum atomic E-state index is 0.0630. The summed E-state index contributed by atoms with van der Waals surface area (Å²) in [6.07, 6.45) is 2.91. The number of halogens is 2. The van der Waals surface area contributed by atoms with E-state index in [9.17, 15) is 4.79 Å². The molecule has 1 atom stereocenters. The van der Waals surface area contributed by atoms with Crippen molar-refractivity contribution in [1.82, 2.24) is 9.55 Å². The molecule has 0 bridgehead atoms. The van der Waals surface area contributed by atoms with E-state index in [1.807, 2.05) is 34.9 Å². The monoisotopic (exact) mass is 412 g/mol. The van der Waals surface area contributed by atoms with E-state index in [1.165, 1.54) is 0 Å². The van der Waals surface area contributed by atoms with Gasteiger partial charge in [0.2, 0.25) is 0 Å². The van der Waals surface area contributed by atoms with Crippen molar-refractivity contribution in [3.05, 3.63) is 62.1 Å². The van der Waals surface area contributed by atoms with Crippen molar-refractivity contribution in [2.24, 2.45) is 0 Å².